The van der Waals surface area contributed by atoms with E-state index in [1.807, 2.05) is 24.0 Å². The van der Waals surface area contributed by atoms with Gasteiger partial charge in [0.2, 0.25) is 11.7 Å². The van der Waals surface area contributed by atoms with Gasteiger partial charge in [-0.15, -0.1) is 0 Å². The molecule has 9 heteroatoms. The summed E-state index contributed by atoms with van der Waals surface area (Å²) in [7, 11) is 0. The minimum atomic E-state index is -0.0626. The second-order valence-electron chi connectivity index (χ2n) is 7.44. The van der Waals surface area contributed by atoms with Crippen molar-refractivity contribution >= 4 is 11.7 Å². The van der Waals surface area contributed by atoms with Crippen molar-refractivity contribution < 1.29 is 13.8 Å². The third-order valence-electron chi connectivity index (χ3n) is 5.39. The van der Waals surface area contributed by atoms with Crippen LogP contribution in [0, 0.1) is 0 Å². The van der Waals surface area contributed by atoms with Crippen molar-refractivity contribution in [2.24, 2.45) is 0 Å². The van der Waals surface area contributed by atoms with Crippen LogP contribution in [0.1, 0.15) is 47.8 Å². The molecule has 0 spiro atoms. The lowest BCUT2D eigenvalue weighted by Crippen LogP contribution is -2.49. The Kier molecular flexibility index (Phi) is 4.49. The minimum absolute atomic E-state index is 0.0626. The quantitative estimate of drug-likeness (QED) is 0.651. The largest absolute Gasteiger partial charge is 0.360 e. The maximum Gasteiger partial charge on any atom is 0.276 e. The Bertz CT molecular complexity index is 999. The fourth-order valence-electron chi connectivity index (χ4n) is 3.47. The Hall–Kier alpha value is -3.23. The van der Waals surface area contributed by atoms with Gasteiger partial charge in [0.05, 0.1) is 0 Å². The van der Waals surface area contributed by atoms with Gasteiger partial charge in [0.25, 0.3) is 5.91 Å². The smallest absolute Gasteiger partial charge is 0.276 e. The van der Waals surface area contributed by atoms with Crippen molar-refractivity contribution in [3.8, 4) is 11.4 Å². The summed E-state index contributed by atoms with van der Waals surface area (Å²) in [5.41, 5.74) is 1.23. The number of carbonyl (C=O) groups is 1. The Morgan fingerprint density at radius 2 is 1.97 bits per heavy atom. The van der Waals surface area contributed by atoms with Crippen molar-refractivity contribution in [2.45, 2.75) is 32.1 Å². The second-order valence-corrected chi connectivity index (χ2v) is 7.44. The molecule has 2 aliphatic rings. The van der Waals surface area contributed by atoms with Crippen LogP contribution in [0.5, 0.6) is 0 Å². The monoisotopic (exact) mass is 394 g/mol. The van der Waals surface area contributed by atoms with Gasteiger partial charge in [-0.1, -0.05) is 17.2 Å². The number of pyridine rings is 1. The van der Waals surface area contributed by atoms with Crippen molar-refractivity contribution in [3.63, 3.8) is 0 Å². The molecule has 1 aliphatic heterocycles. The second kappa shape index (κ2) is 7.31. The summed E-state index contributed by atoms with van der Waals surface area (Å²) < 4.78 is 10.5. The summed E-state index contributed by atoms with van der Waals surface area (Å²) in [5.74, 6) is 3.26. The number of carbonyl (C=O) groups excluding carboxylic acids is 1. The van der Waals surface area contributed by atoms with Crippen LogP contribution in [-0.2, 0) is 6.42 Å². The van der Waals surface area contributed by atoms with Gasteiger partial charge in [0.15, 0.2) is 5.69 Å². The fraction of sp³-hybridized carbons (Fsp3) is 0.450. The lowest BCUT2D eigenvalue weighted by atomic mass is 10.2. The average Bonchev–Trinajstić information content (AvgIpc) is 3.31. The number of aromatic nitrogens is 4. The molecular weight excluding hydrogens is 372 g/mol. The van der Waals surface area contributed by atoms with Crippen LogP contribution in [0.15, 0.2) is 33.4 Å². The summed E-state index contributed by atoms with van der Waals surface area (Å²) in [6, 6.07) is 5.70. The zero-order valence-corrected chi connectivity index (χ0v) is 16.2. The third kappa shape index (κ3) is 3.59. The number of aryl methyl sites for hydroxylation is 1. The zero-order chi connectivity index (χ0) is 19.8. The van der Waals surface area contributed by atoms with E-state index >= 15 is 0 Å². The zero-order valence-electron chi connectivity index (χ0n) is 16.2. The summed E-state index contributed by atoms with van der Waals surface area (Å²) in [4.78, 5) is 25.5. The Labute approximate surface area is 167 Å². The average molecular weight is 394 g/mol. The molecule has 0 atom stereocenters. The molecule has 1 aliphatic carbocycles. The predicted octanol–water partition coefficient (Wildman–Crippen LogP) is 2.52. The number of nitrogens with zero attached hydrogens (tertiary/aromatic N) is 6. The molecule has 0 aromatic carbocycles. The van der Waals surface area contributed by atoms with Crippen molar-refractivity contribution in [1.29, 1.82) is 0 Å². The van der Waals surface area contributed by atoms with Gasteiger partial charge in [0, 0.05) is 56.3 Å². The Balaban J connectivity index is 1.20. The molecule has 2 fully saturated rings. The van der Waals surface area contributed by atoms with Crippen molar-refractivity contribution in [2.75, 3.05) is 31.1 Å². The van der Waals surface area contributed by atoms with Gasteiger partial charge >= 0.3 is 0 Å². The highest BCUT2D eigenvalue weighted by molar-refractivity contribution is 5.92. The lowest BCUT2D eigenvalue weighted by molar-refractivity contribution is 0.0736. The molecule has 3 aromatic rings. The third-order valence-corrected chi connectivity index (χ3v) is 5.39. The van der Waals surface area contributed by atoms with Gasteiger partial charge < -0.3 is 18.8 Å². The first-order chi connectivity index (χ1) is 14.2. The van der Waals surface area contributed by atoms with E-state index in [-0.39, 0.29) is 5.91 Å². The topological polar surface area (TPSA) is 101 Å². The number of anilines is 1. The molecule has 0 radical (unpaired) electrons. The molecule has 0 unspecified atom stereocenters. The van der Waals surface area contributed by atoms with Crippen molar-refractivity contribution in [3.05, 3.63) is 41.7 Å². The van der Waals surface area contributed by atoms with Crippen LogP contribution in [-0.4, -0.2) is 57.3 Å². The lowest BCUT2D eigenvalue weighted by Gasteiger charge is -2.35. The van der Waals surface area contributed by atoms with Crippen LogP contribution < -0.4 is 4.90 Å². The van der Waals surface area contributed by atoms with Gasteiger partial charge in [-0.05, 0) is 25.0 Å². The molecule has 0 N–H and O–H groups in total. The first-order valence-electron chi connectivity index (χ1n) is 10.0. The Morgan fingerprint density at radius 1 is 1.14 bits per heavy atom. The fourth-order valence-corrected chi connectivity index (χ4v) is 3.47. The number of hydrogen-bond acceptors (Lipinski definition) is 8. The van der Waals surface area contributed by atoms with Gasteiger partial charge in [0.1, 0.15) is 11.6 Å². The standard InChI is InChI=1S/C20H22N6O3/c1-2-18-22-19(24-29-18)14-5-6-17(21-12-14)25-7-9-26(10-8-25)20(27)15-11-16(28-23-15)13-3-4-13/h5-6,11-13H,2-4,7-10H2,1H3. The molecule has 9 nitrogen and oxygen atoms in total. The van der Waals surface area contributed by atoms with E-state index in [2.05, 4.69) is 25.2 Å². The summed E-state index contributed by atoms with van der Waals surface area (Å²) in [6.45, 7) is 4.65. The van der Waals surface area contributed by atoms with Gasteiger partial charge in [-0.25, -0.2) is 4.98 Å². The highest BCUT2D eigenvalue weighted by Gasteiger charge is 2.30. The number of hydrogen-bond donors (Lipinski definition) is 0. The predicted molar refractivity (Wildman–Crippen MR) is 104 cm³/mol. The molecule has 1 saturated carbocycles. The first-order valence-corrected chi connectivity index (χ1v) is 10.0. The van der Waals surface area contributed by atoms with E-state index in [4.69, 9.17) is 9.05 Å². The molecule has 5 rings (SSSR count). The minimum Gasteiger partial charge on any atom is -0.360 e. The Morgan fingerprint density at radius 3 is 2.62 bits per heavy atom. The molecule has 4 heterocycles. The van der Waals surface area contributed by atoms with Gasteiger partial charge in [-0.3, -0.25) is 4.79 Å². The molecule has 150 valence electrons. The molecule has 0 bridgehead atoms. The van der Waals surface area contributed by atoms with Crippen LogP contribution in [0.25, 0.3) is 11.4 Å². The van der Waals surface area contributed by atoms with Crippen molar-refractivity contribution in [1.82, 2.24) is 25.2 Å². The maximum absolute atomic E-state index is 12.7. The SMILES string of the molecule is CCc1nc(-c2ccc(N3CCN(C(=O)c4cc(C5CC5)on4)CC3)nc2)no1. The van der Waals surface area contributed by atoms with E-state index < -0.39 is 0 Å². The van der Waals surface area contributed by atoms with E-state index in [0.29, 0.717) is 55.9 Å². The van der Waals surface area contributed by atoms with Gasteiger partial charge in [-0.2, -0.15) is 4.98 Å². The number of rotatable bonds is 5. The van der Waals surface area contributed by atoms with E-state index in [0.717, 1.165) is 30.0 Å². The first kappa shape index (κ1) is 17.8. The number of piperazine rings is 1. The number of amides is 1. The molecule has 1 amide bonds. The van der Waals surface area contributed by atoms with E-state index in [1.54, 1.807) is 12.3 Å². The summed E-state index contributed by atoms with van der Waals surface area (Å²) in [5, 5.41) is 7.94. The highest BCUT2D eigenvalue weighted by atomic mass is 16.5. The van der Waals surface area contributed by atoms with Crippen LogP contribution >= 0.6 is 0 Å². The highest BCUT2D eigenvalue weighted by Crippen LogP contribution is 2.40. The van der Waals surface area contributed by atoms with E-state index in [9.17, 15) is 4.79 Å². The molecule has 3 aromatic heterocycles. The molecule has 29 heavy (non-hydrogen) atoms. The normalized spacial score (nSPS) is 17.0. The summed E-state index contributed by atoms with van der Waals surface area (Å²) >= 11 is 0. The maximum atomic E-state index is 12.7. The van der Waals surface area contributed by atoms with E-state index in [1.165, 1.54) is 0 Å². The van der Waals surface area contributed by atoms with Crippen LogP contribution in [0.2, 0.25) is 0 Å². The molecular formula is C20H22N6O3. The van der Waals surface area contributed by atoms with Crippen LogP contribution in [0.4, 0.5) is 5.82 Å². The van der Waals surface area contributed by atoms with Crippen LogP contribution in [0.3, 0.4) is 0 Å². The summed E-state index contributed by atoms with van der Waals surface area (Å²) in [6.07, 6.45) is 4.71. The molecule has 1 saturated heterocycles.